The zero-order chi connectivity index (χ0) is 9.64. The van der Waals surface area contributed by atoms with Gasteiger partial charge in [0, 0.05) is 20.1 Å². The normalized spacial score (nSPS) is 38.0. The molecule has 2 unspecified atom stereocenters. The average Bonchev–Trinajstić information content (AvgIpc) is 2.66. The van der Waals surface area contributed by atoms with Crippen molar-refractivity contribution in [3.63, 3.8) is 0 Å². The van der Waals surface area contributed by atoms with Gasteiger partial charge >= 0.3 is 0 Å². The number of amides is 1. The molecule has 0 radical (unpaired) electrons. The summed E-state index contributed by atoms with van der Waals surface area (Å²) in [5, 5.41) is 0. The molecule has 2 atom stereocenters. The van der Waals surface area contributed by atoms with Crippen LogP contribution in [0.5, 0.6) is 0 Å². The first kappa shape index (κ1) is 9.00. The van der Waals surface area contributed by atoms with Crippen LogP contribution in [0.1, 0.15) is 12.8 Å². The fourth-order valence-corrected chi connectivity index (χ4v) is 2.58. The molecule has 1 aliphatic carbocycles. The smallest absolute Gasteiger partial charge is 0.228 e. The molecular weight excluding hydrogens is 164 g/mol. The molecule has 1 heterocycles. The fourth-order valence-electron chi connectivity index (χ4n) is 2.58. The molecule has 1 spiro atoms. The van der Waals surface area contributed by atoms with Gasteiger partial charge < -0.3 is 9.80 Å². The SMILES string of the molecule is CN(C)CC1CC12CCN(C)C2=O. The number of nitrogens with zero attached hydrogens (tertiary/aromatic N) is 2. The first-order valence-corrected chi connectivity index (χ1v) is 4.96. The summed E-state index contributed by atoms with van der Waals surface area (Å²) in [5.74, 6) is 1.01. The van der Waals surface area contributed by atoms with Gasteiger partial charge in [0.2, 0.25) is 5.91 Å². The number of hydrogen-bond acceptors (Lipinski definition) is 2. The summed E-state index contributed by atoms with van der Waals surface area (Å²) in [6, 6.07) is 0. The molecule has 0 N–H and O–H groups in total. The molecule has 0 aromatic rings. The maximum absolute atomic E-state index is 11.8. The van der Waals surface area contributed by atoms with E-state index in [0.717, 1.165) is 25.9 Å². The van der Waals surface area contributed by atoms with Gasteiger partial charge in [-0.3, -0.25) is 4.79 Å². The first-order valence-electron chi connectivity index (χ1n) is 4.96. The molecule has 2 aliphatic rings. The van der Waals surface area contributed by atoms with Crippen molar-refractivity contribution in [2.24, 2.45) is 11.3 Å². The highest BCUT2D eigenvalue weighted by molar-refractivity contribution is 5.87. The summed E-state index contributed by atoms with van der Waals surface area (Å²) in [4.78, 5) is 15.9. The van der Waals surface area contributed by atoms with Crippen molar-refractivity contribution in [1.82, 2.24) is 9.80 Å². The van der Waals surface area contributed by atoms with Crippen LogP contribution in [0.3, 0.4) is 0 Å². The lowest BCUT2D eigenvalue weighted by Crippen LogP contribution is -2.26. The van der Waals surface area contributed by atoms with E-state index < -0.39 is 0 Å². The monoisotopic (exact) mass is 182 g/mol. The average molecular weight is 182 g/mol. The Bertz CT molecular complexity index is 239. The lowest BCUT2D eigenvalue weighted by Gasteiger charge is -2.12. The second kappa shape index (κ2) is 2.71. The Morgan fingerprint density at radius 2 is 2.31 bits per heavy atom. The van der Waals surface area contributed by atoms with Crippen LogP contribution in [-0.4, -0.2) is 49.9 Å². The van der Waals surface area contributed by atoms with Gasteiger partial charge in [-0.2, -0.15) is 0 Å². The summed E-state index contributed by atoms with van der Waals surface area (Å²) >= 11 is 0. The van der Waals surface area contributed by atoms with Crippen LogP contribution < -0.4 is 0 Å². The van der Waals surface area contributed by atoms with Gasteiger partial charge in [-0.25, -0.2) is 0 Å². The van der Waals surface area contributed by atoms with Gasteiger partial charge in [0.25, 0.3) is 0 Å². The van der Waals surface area contributed by atoms with Crippen LogP contribution in [0.25, 0.3) is 0 Å². The van der Waals surface area contributed by atoms with Crippen LogP contribution in [0, 0.1) is 11.3 Å². The number of hydrogen-bond donors (Lipinski definition) is 0. The molecule has 1 saturated carbocycles. The lowest BCUT2D eigenvalue weighted by atomic mass is 10.0. The number of carbonyl (C=O) groups is 1. The number of carbonyl (C=O) groups excluding carboxylic acids is 1. The third kappa shape index (κ3) is 1.26. The Labute approximate surface area is 79.7 Å². The van der Waals surface area contributed by atoms with Crippen LogP contribution in [0.15, 0.2) is 0 Å². The van der Waals surface area contributed by atoms with Gasteiger partial charge in [-0.1, -0.05) is 0 Å². The summed E-state index contributed by atoms with van der Waals surface area (Å²) in [5.41, 5.74) is 0.0685. The van der Waals surface area contributed by atoms with Gasteiger partial charge in [-0.15, -0.1) is 0 Å². The molecule has 2 fully saturated rings. The van der Waals surface area contributed by atoms with Crippen molar-refractivity contribution in [2.75, 3.05) is 34.2 Å². The third-order valence-electron chi connectivity index (χ3n) is 3.48. The van der Waals surface area contributed by atoms with E-state index in [0.29, 0.717) is 11.8 Å². The fraction of sp³-hybridized carbons (Fsp3) is 0.900. The molecule has 3 nitrogen and oxygen atoms in total. The van der Waals surface area contributed by atoms with E-state index in [1.54, 1.807) is 0 Å². The molecule has 74 valence electrons. The maximum Gasteiger partial charge on any atom is 0.228 e. The Kier molecular flexibility index (Phi) is 1.88. The Morgan fingerprint density at radius 1 is 1.62 bits per heavy atom. The standard InChI is InChI=1S/C10H18N2O/c1-11(2)7-8-6-10(8)4-5-12(3)9(10)13/h8H,4-7H2,1-3H3. The molecule has 0 bridgehead atoms. The zero-order valence-electron chi connectivity index (χ0n) is 8.71. The molecule has 3 heteroatoms. The van der Waals surface area contributed by atoms with Crippen LogP contribution in [-0.2, 0) is 4.79 Å². The highest BCUT2D eigenvalue weighted by atomic mass is 16.2. The molecule has 2 rings (SSSR count). The summed E-state index contributed by atoms with van der Waals surface area (Å²) < 4.78 is 0. The van der Waals surface area contributed by atoms with E-state index >= 15 is 0 Å². The third-order valence-corrected chi connectivity index (χ3v) is 3.48. The van der Waals surface area contributed by atoms with Crippen molar-refractivity contribution in [3.8, 4) is 0 Å². The van der Waals surface area contributed by atoms with Crippen molar-refractivity contribution < 1.29 is 4.79 Å². The van der Waals surface area contributed by atoms with E-state index in [1.807, 2.05) is 11.9 Å². The second-order valence-electron chi connectivity index (χ2n) is 4.80. The van der Waals surface area contributed by atoms with E-state index in [2.05, 4.69) is 19.0 Å². The van der Waals surface area contributed by atoms with Crippen LogP contribution in [0.4, 0.5) is 0 Å². The van der Waals surface area contributed by atoms with E-state index in [1.165, 1.54) is 0 Å². The minimum atomic E-state index is 0.0685. The Balaban J connectivity index is 1.99. The van der Waals surface area contributed by atoms with Gasteiger partial charge in [0.15, 0.2) is 0 Å². The maximum atomic E-state index is 11.8. The lowest BCUT2D eigenvalue weighted by molar-refractivity contribution is -0.131. The quantitative estimate of drug-likeness (QED) is 0.618. The van der Waals surface area contributed by atoms with Crippen molar-refractivity contribution in [3.05, 3.63) is 0 Å². The second-order valence-corrected chi connectivity index (χ2v) is 4.80. The number of rotatable bonds is 2. The molecular formula is C10H18N2O. The summed E-state index contributed by atoms with van der Waals surface area (Å²) in [6.07, 6.45) is 2.20. The van der Waals surface area contributed by atoms with Crippen LogP contribution >= 0.6 is 0 Å². The van der Waals surface area contributed by atoms with Crippen molar-refractivity contribution in [2.45, 2.75) is 12.8 Å². The zero-order valence-corrected chi connectivity index (χ0v) is 8.71. The van der Waals surface area contributed by atoms with Gasteiger partial charge in [-0.05, 0) is 32.9 Å². The minimum Gasteiger partial charge on any atom is -0.345 e. The molecule has 0 aromatic heterocycles. The summed E-state index contributed by atoms with van der Waals surface area (Å²) in [7, 11) is 6.08. The minimum absolute atomic E-state index is 0.0685. The molecule has 1 aliphatic heterocycles. The Hall–Kier alpha value is -0.570. The molecule has 1 amide bonds. The Morgan fingerprint density at radius 3 is 2.77 bits per heavy atom. The van der Waals surface area contributed by atoms with Crippen LogP contribution in [0.2, 0.25) is 0 Å². The van der Waals surface area contributed by atoms with E-state index in [4.69, 9.17) is 0 Å². The number of likely N-dealkylation sites (tertiary alicyclic amines) is 1. The van der Waals surface area contributed by atoms with Gasteiger partial charge in [0.1, 0.15) is 0 Å². The van der Waals surface area contributed by atoms with E-state index in [9.17, 15) is 4.79 Å². The molecule has 0 aromatic carbocycles. The largest absolute Gasteiger partial charge is 0.345 e. The first-order chi connectivity index (χ1) is 6.06. The van der Waals surface area contributed by atoms with Crippen molar-refractivity contribution in [1.29, 1.82) is 0 Å². The predicted octanol–water partition coefficient (Wildman–Crippen LogP) is 0.416. The van der Waals surface area contributed by atoms with E-state index in [-0.39, 0.29) is 5.41 Å². The highest BCUT2D eigenvalue weighted by Gasteiger charge is 2.62. The molecule has 13 heavy (non-hydrogen) atoms. The van der Waals surface area contributed by atoms with Gasteiger partial charge in [0.05, 0.1) is 5.41 Å². The highest BCUT2D eigenvalue weighted by Crippen LogP contribution is 2.59. The molecule has 1 saturated heterocycles. The summed E-state index contributed by atoms with van der Waals surface area (Å²) in [6.45, 7) is 2.03. The van der Waals surface area contributed by atoms with Crippen molar-refractivity contribution >= 4 is 5.91 Å². The topological polar surface area (TPSA) is 23.6 Å². The predicted molar refractivity (Wildman–Crippen MR) is 51.3 cm³/mol.